The highest BCUT2D eigenvalue weighted by atomic mass is 79.9. The molecule has 0 amide bonds. The number of hydrogen-bond donors (Lipinski definition) is 0. The molecule has 0 atom stereocenters. The monoisotopic (exact) mass is 594 g/mol. The van der Waals surface area contributed by atoms with Crippen molar-refractivity contribution in [3.05, 3.63) is 68.3 Å². The second kappa shape index (κ2) is 11.3. The van der Waals surface area contributed by atoms with Gasteiger partial charge in [-0.25, -0.2) is 14.8 Å². The van der Waals surface area contributed by atoms with Crippen LogP contribution in [0.15, 0.2) is 51.6 Å². The number of nitrogens with zero attached hydrogens (tertiary/aromatic N) is 4. The molecule has 0 bridgehead atoms. The summed E-state index contributed by atoms with van der Waals surface area (Å²) in [4.78, 5) is 24.6. The lowest BCUT2D eigenvalue weighted by Crippen LogP contribution is -2.36. The average Bonchev–Trinajstić information content (AvgIpc) is 3.56. The van der Waals surface area contributed by atoms with E-state index < -0.39 is 5.97 Å². The summed E-state index contributed by atoms with van der Waals surface area (Å²) in [6, 6.07) is 13.8. The molecule has 1 fully saturated rings. The molecule has 0 spiro atoms. The summed E-state index contributed by atoms with van der Waals surface area (Å²) in [5.74, 6) is 0.222. The van der Waals surface area contributed by atoms with E-state index in [9.17, 15) is 10.1 Å². The van der Waals surface area contributed by atoms with Crippen molar-refractivity contribution in [2.24, 2.45) is 0 Å². The molecule has 0 radical (unpaired) electrons. The van der Waals surface area contributed by atoms with Crippen molar-refractivity contribution < 1.29 is 23.4 Å². The summed E-state index contributed by atoms with van der Waals surface area (Å²) in [5.41, 5.74) is 3.92. The zero-order valence-corrected chi connectivity index (χ0v) is 23.1. The van der Waals surface area contributed by atoms with Crippen LogP contribution >= 0.6 is 27.3 Å². The minimum Gasteiger partial charge on any atom is -0.471 e. The van der Waals surface area contributed by atoms with Gasteiger partial charge in [0.15, 0.2) is 5.89 Å². The second-order valence-electron chi connectivity index (χ2n) is 8.41. The number of methoxy groups -OCH3 is 1. The third-order valence-corrected chi connectivity index (χ3v) is 8.07. The molecule has 1 aliphatic rings. The van der Waals surface area contributed by atoms with Crippen molar-refractivity contribution in [1.29, 1.82) is 5.26 Å². The van der Waals surface area contributed by atoms with Gasteiger partial charge in [0.1, 0.15) is 35.1 Å². The lowest BCUT2D eigenvalue weighted by Gasteiger charge is -2.28. The van der Waals surface area contributed by atoms with E-state index in [0.29, 0.717) is 45.4 Å². The Bertz CT molecular complexity index is 1500. The molecule has 0 unspecified atom stereocenters. The van der Waals surface area contributed by atoms with E-state index in [-0.39, 0.29) is 18.1 Å². The summed E-state index contributed by atoms with van der Waals surface area (Å²) < 4.78 is 22.5. The zero-order chi connectivity index (χ0) is 26.6. The van der Waals surface area contributed by atoms with E-state index >= 15 is 0 Å². The number of morpholine rings is 1. The number of benzene rings is 1. The highest BCUT2D eigenvalue weighted by Gasteiger charge is 2.21. The maximum atomic E-state index is 11.9. The topological polar surface area (TPSA) is 111 Å². The number of aromatic nitrogens is 2. The highest BCUT2D eigenvalue weighted by molar-refractivity contribution is 9.10. The van der Waals surface area contributed by atoms with E-state index in [4.69, 9.17) is 23.6 Å². The number of pyridine rings is 1. The van der Waals surface area contributed by atoms with Crippen LogP contribution in [0.3, 0.4) is 0 Å². The van der Waals surface area contributed by atoms with E-state index in [0.717, 1.165) is 29.2 Å². The third kappa shape index (κ3) is 5.43. The molecular weight excluding hydrogens is 572 g/mol. The van der Waals surface area contributed by atoms with Gasteiger partial charge in [-0.2, -0.15) is 5.26 Å². The van der Waals surface area contributed by atoms with Crippen molar-refractivity contribution in [2.45, 2.75) is 13.5 Å². The first-order valence-corrected chi connectivity index (χ1v) is 13.4. The van der Waals surface area contributed by atoms with Crippen LogP contribution < -0.4 is 9.64 Å². The van der Waals surface area contributed by atoms with Crippen LogP contribution in [0.2, 0.25) is 0 Å². The Kier molecular flexibility index (Phi) is 7.74. The maximum Gasteiger partial charge on any atom is 0.348 e. The predicted octanol–water partition coefficient (Wildman–Crippen LogP) is 5.61. The highest BCUT2D eigenvalue weighted by Crippen LogP contribution is 2.35. The number of aryl methyl sites for hydroxylation is 1. The molecule has 4 aromatic rings. The fraction of sp³-hybridized carbons (Fsp3) is 0.259. The van der Waals surface area contributed by atoms with E-state index in [1.807, 2.05) is 18.2 Å². The van der Waals surface area contributed by atoms with Crippen molar-refractivity contribution in [2.75, 3.05) is 38.3 Å². The molecule has 5 rings (SSSR count). The number of thiophene rings is 1. The Labute approximate surface area is 231 Å². The Morgan fingerprint density at radius 2 is 1.95 bits per heavy atom. The Morgan fingerprint density at radius 3 is 2.61 bits per heavy atom. The van der Waals surface area contributed by atoms with Crippen LogP contribution in [0.1, 0.15) is 26.0 Å². The largest absolute Gasteiger partial charge is 0.471 e. The standard InChI is InChI=1S/C27H23BrN4O5S/c1-16-30-23(14-36-16)19-11-22(17-3-5-18(6-4-17)32-7-9-35-10-8-32)31-26(20(19)13-29)37-15-25-21(28)12-24(38-25)27(33)34-2/h3-6,11-12,14H,7-10,15H2,1-2H3. The number of esters is 1. The van der Waals surface area contributed by atoms with Gasteiger partial charge < -0.3 is 23.5 Å². The number of carbonyl (C=O) groups is 1. The SMILES string of the molecule is COC(=O)c1cc(Br)c(COc2nc(-c3ccc(N4CCOCC4)cc3)cc(-c3coc(C)n3)c2C#N)s1. The molecule has 0 N–H and O–H groups in total. The van der Waals surface area contributed by atoms with Gasteiger partial charge in [-0.1, -0.05) is 12.1 Å². The first kappa shape index (κ1) is 25.9. The lowest BCUT2D eigenvalue weighted by atomic mass is 10.0. The molecule has 0 aliphatic carbocycles. The number of anilines is 1. The van der Waals surface area contributed by atoms with E-state index in [1.165, 1.54) is 24.7 Å². The lowest BCUT2D eigenvalue weighted by molar-refractivity contribution is 0.0606. The van der Waals surface area contributed by atoms with Crippen LogP contribution in [-0.2, 0) is 16.1 Å². The van der Waals surface area contributed by atoms with Gasteiger partial charge in [0.05, 0.1) is 30.9 Å². The minimum atomic E-state index is -0.427. The molecule has 4 heterocycles. The summed E-state index contributed by atoms with van der Waals surface area (Å²) >= 11 is 4.72. The van der Waals surface area contributed by atoms with Crippen LogP contribution in [0.25, 0.3) is 22.5 Å². The Balaban J connectivity index is 1.51. The molecule has 1 aromatic carbocycles. The fourth-order valence-corrected chi connectivity index (χ4v) is 5.70. The molecule has 194 valence electrons. The first-order valence-electron chi connectivity index (χ1n) is 11.8. The number of oxazole rings is 1. The first-order chi connectivity index (χ1) is 18.5. The molecular formula is C27H23BrN4O5S. The molecule has 0 saturated carbocycles. The van der Waals surface area contributed by atoms with E-state index in [1.54, 1.807) is 13.0 Å². The van der Waals surface area contributed by atoms with Crippen LogP contribution in [0, 0.1) is 18.3 Å². The summed E-state index contributed by atoms with van der Waals surface area (Å²) in [6.45, 7) is 4.95. The van der Waals surface area contributed by atoms with Crippen molar-refractivity contribution >= 4 is 38.9 Å². The number of halogens is 1. The fourth-order valence-electron chi connectivity index (χ4n) is 4.08. The normalized spacial score (nSPS) is 13.3. The predicted molar refractivity (Wildman–Crippen MR) is 145 cm³/mol. The summed E-state index contributed by atoms with van der Waals surface area (Å²) in [5, 5.41) is 10.1. The number of hydrogen-bond acceptors (Lipinski definition) is 10. The molecule has 38 heavy (non-hydrogen) atoms. The third-order valence-electron chi connectivity index (χ3n) is 6.02. The van der Waals surface area contributed by atoms with Gasteiger partial charge in [-0.05, 0) is 40.2 Å². The molecule has 9 nitrogen and oxygen atoms in total. The van der Waals surface area contributed by atoms with Crippen molar-refractivity contribution in [1.82, 2.24) is 9.97 Å². The number of nitriles is 1. The number of carbonyl (C=O) groups excluding carboxylic acids is 1. The number of ether oxygens (including phenoxy) is 3. The summed E-state index contributed by atoms with van der Waals surface area (Å²) in [7, 11) is 1.33. The van der Waals surface area contributed by atoms with Crippen LogP contribution in [0.5, 0.6) is 5.88 Å². The number of rotatable bonds is 7. The quantitative estimate of drug-likeness (QED) is 0.252. The maximum absolute atomic E-state index is 11.9. The van der Waals surface area contributed by atoms with Gasteiger partial charge in [0.25, 0.3) is 0 Å². The van der Waals surface area contributed by atoms with Gasteiger partial charge in [-0.15, -0.1) is 11.3 Å². The molecule has 1 saturated heterocycles. The zero-order valence-electron chi connectivity index (χ0n) is 20.7. The van der Waals surface area contributed by atoms with Crippen LogP contribution in [0.4, 0.5) is 5.69 Å². The van der Waals surface area contributed by atoms with Crippen molar-refractivity contribution in [3.63, 3.8) is 0 Å². The molecule has 11 heteroatoms. The average molecular weight is 595 g/mol. The van der Waals surface area contributed by atoms with Gasteiger partial charge >= 0.3 is 5.97 Å². The van der Waals surface area contributed by atoms with Gasteiger partial charge in [-0.3, -0.25) is 0 Å². The minimum absolute atomic E-state index is 0.0978. The smallest absolute Gasteiger partial charge is 0.348 e. The Hall–Kier alpha value is -3.72. The second-order valence-corrected chi connectivity index (χ2v) is 10.4. The summed E-state index contributed by atoms with van der Waals surface area (Å²) in [6.07, 6.45) is 1.51. The van der Waals surface area contributed by atoms with E-state index in [2.05, 4.69) is 44.0 Å². The molecule has 3 aromatic heterocycles. The molecule has 1 aliphatic heterocycles. The Morgan fingerprint density at radius 1 is 1.18 bits per heavy atom. The van der Waals surface area contributed by atoms with Crippen LogP contribution in [-0.4, -0.2) is 49.4 Å². The van der Waals surface area contributed by atoms with Crippen molar-refractivity contribution in [3.8, 4) is 34.5 Å². The van der Waals surface area contributed by atoms with Gasteiger partial charge in [0, 0.05) is 41.3 Å². The van der Waals surface area contributed by atoms with Gasteiger partial charge in [0.2, 0.25) is 5.88 Å².